The molecule has 1 aliphatic heterocycles. The third-order valence-electron chi connectivity index (χ3n) is 4.31. The fourth-order valence-corrected chi connectivity index (χ4v) is 2.98. The van der Waals surface area contributed by atoms with Crippen LogP contribution in [0.15, 0.2) is 42.2 Å². The molecule has 3 atom stereocenters. The lowest BCUT2D eigenvalue weighted by molar-refractivity contribution is -0.154. The third kappa shape index (κ3) is 6.04. The molecule has 156 valence electrons. The summed E-state index contributed by atoms with van der Waals surface area (Å²) in [6, 6.07) is 7.09. The number of rotatable bonds is 8. The van der Waals surface area contributed by atoms with E-state index in [2.05, 4.69) is 5.32 Å². The van der Waals surface area contributed by atoms with Gasteiger partial charge in [-0.15, -0.1) is 0 Å². The predicted octanol–water partition coefficient (Wildman–Crippen LogP) is -0.658. The lowest BCUT2D eigenvalue weighted by Gasteiger charge is -2.36. The zero-order valence-corrected chi connectivity index (χ0v) is 15.8. The molecule has 2 rings (SSSR count). The summed E-state index contributed by atoms with van der Waals surface area (Å²) >= 11 is 0. The monoisotopic (exact) mass is 405 g/mol. The number of nitrogens with zero attached hydrogens (tertiary/aromatic N) is 1. The van der Waals surface area contributed by atoms with Crippen LogP contribution in [0.1, 0.15) is 12.5 Å². The molecule has 0 bridgehead atoms. The summed E-state index contributed by atoms with van der Waals surface area (Å²) in [6.45, 7) is 0.665. The minimum absolute atomic E-state index is 0.0587. The molecule has 1 aromatic carbocycles. The van der Waals surface area contributed by atoms with E-state index in [0.717, 1.165) is 16.5 Å². The summed E-state index contributed by atoms with van der Waals surface area (Å²) in [6.07, 6.45) is 0.00338. The smallest absolute Gasteiger partial charge is 0.370 e. The molecule has 0 spiro atoms. The Labute approximate surface area is 166 Å². The second-order valence-corrected chi connectivity index (χ2v) is 6.57. The fourth-order valence-electron chi connectivity index (χ4n) is 2.98. The normalized spacial score (nSPS) is 20.8. The highest BCUT2D eigenvalue weighted by molar-refractivity contribution is 5.89. The van der Waals surface area contributed by atoms with E-state index in [4.69, 9.17) is 10.5 Å². The van der Waals surface area contributed by atoms with Crippen LogP contribution in [0.5, 0.6) is 0 Å². The largest absolute Gasteiger partial charge is 0.480 e. The van der Waals surface area contributed by atoms with Crippen LogP contribution in [-0.2, 0) is 30.3 Å². The van der Waals surface area contributed by atoms with Crippen LogP contribution < -0.4 is 11.1 Å². The molecule has 1 heterocycles. The number of hydrogen-bond acceptors (Lipinski definition) is 6. The van der Waals surface area contributed by atoms with Crippen molar-refractivity contribution < 1.29 is 34.1 Å². The number of carboxylic acids is 2. The molecule has 0 radical (unpaired) electrons. The van der Waals surface area contributed by atoms with Gasteiger partial charge in [0.2, 0.25) is 11.7 Å². The average molecular weight is 405 g/mol. The summed E-state index contributed by atoms with van der Waals surface area (Å²) in [5.74, 6) is -4.46. The van der Waals surface area contributed by atoms with Crippen molar-refractivity contribution >= 4 is 23.8 Å². The maximum Gasteiger partial charge on any atom is 0.370 e. The second kappa shape index (κ2) is 9.69. The first-order valence-corrected chi connectivity index (χ1v) is 8.88. The van der Waals surface area contributed by atoms with Gasteiger partial charge >= 0.3 is 11.9 Å². The Morgan fingerprint density at radius 2 is 1.83 bits per heavy atom. The van der Waals surface area contributed by atoms with Crippen LogP contribution in [0.4, 0.5) is 0 Å². The third-order valence-corrected chi connectivity index (χ3v) is 4.31. The first-order chi connectivity index (χ1) is 13.7. The van der Waals surface area contributed by atoms with Crippen molar-refractivity contribution in [2.75, 3.05) is 13.1 Å². The summed E-state index contributed by atoms with van der Waals surface area (Å²) in [5.41, 5.74) is 6.82. The number of carbonyl (C=O) groups is 4. The Bertz CT molecular complexity index is 809. The van der Waals surface area contributed by atoms with Crippen LogP contribution >= 0.6 is 0 Å². The van der Waals surface area contributed by atoms with Gasteiger partial charge in [-0.25, -0.2) is 4.79 Å². The second-order valence-electron chi connectivity index (χ2n) is 6.57. The zero-order valence-electron chi connectivity index (χ0n) is 15.8. The fraction of sp³-hybridized carbons (Fsp3) is 0.368. The lowest BCUT2D eigenvalue weighted by Crippen LogP contribution is -2.61. The van der Waals surface area contributed by atoms with Crippen LogP contribution in [-0.4, -0.2) is 70.1 Å². The summed E-state index contributed by atoms with van der Waals surface area (Å²) < 4.78 is 5.29. The Hall–Kier alpha value is -3.40. The Kier molecular flexibility index (Phi) is 7.32. The molecule has 5 N–H and O–H groups in total. The number of ether oxygens (including phenoxy) is 1. The number of aliphatic carboxylic acids is 2. The molecule has 10 heteroatoms. The van der Waals surface area contributed by atoms with Crippen molar-refractivity contribution in [3.63, 3.8) is 0 Å². The Balaban J connectivity index is 2.26. The topological polar surface area (TPSA) is 159 Å². The average Bonchev–Trinajstić information content (AvgIpc) is 2.66. The standard InChI is InChI=1S/C19H23N3O7/c1-11(23)21-16-13(20)9-14(19(27)28)29-17(16)18(26)22(10-15(24)25)8-7-12-5-3-2-4-6-12/h2-6,9,13,16-17H,7-8,10,20H2,1H3,(H,21,23)(H,24,25)(H,27,28)/t13-,16+,17+/m0/s1. The highest BCUT2D eigenvalue weighted by atomic mass is 16.5. The van der Waals surface area contributed by atoms with E-state index in [1.54, 1.807) is 0 Å². The number of hydrogen-bond donors (Lipinski definition) is 4. The number of carboxylic acid groups (broad SMARTS) is 2. The summed E-state index contributed by atoms with van der Waals surface area (Å²) in [7, 11) is 0. The molecular formula is C19H23N3O7. The van der Waals surface area contributed by atoms with Crippen LogP contribution in [0.3, 0.4) is 0 Å². The Morgan fingerprint density at radius 1 is 1.17 bits per heavy atom. The number of benzene rings is 1. The highest BCUT2D eigenvalue weighted by Gasteiger charge is 2.42. The number of amides is 2. The van der Waals surface area contributed by atoms with Crippen molar-refractivity contribution in [3.8, 4) is 0 Å². The lowest BCUT2D eigenvalue weighted by atomic mass is 9.97. The van der Waals surface area contributed by atoms with Gasteiger partial charge in [0.05, 0.1) is 12.1 Å². The Morgan fingerprint density at radius 3 is 2.38 bits per heavy atom. The van der Waals surface area contributed by atoms with Gasteiger partial charge in [-0.3, -0.25) is 14.4 Å². The quantitative estimate of drug-likeness (QED) is 0.444. The molecule has 0 fully saturated rings. The van der Waals surface area contributed by atoms with E-state index in [9.17, 15) is 29.4 Å². The van der Waals surface area contributed by atoms with E-state index in [1.165, 1.54) is 6.92 Å². The summed E-state index contributed by atoms with van der Waals surface area (Å²) in [4.78, 5) is 48.2. The maximum absolute atomic E-state index is 13.1. The molecule has 10 nitrogen and oxygen atoms in total. The van der Waals surface area contributed by atoms with Crippen molar-refractivity contribution in [2.24, 2.45) is 5.73 Å². The van der Waals surface area contributed by atoms with Gasteiger partial charge in [-0.2, -0.15) is 0 Å². The van der Waals surface area contributed by atoms with Crippen molar-refractivity contribution in [1.82, 2.24) is 10.2 Å². The van der Waals surface area contributed by atoms with Gasteiger partial charge in [0.25, 0.3) is 5.91 Å². The molecule has 0 aliphatic carbocycles. The molecule has 29 heavy (non-hydrogen) atoms. The molecule has 0 saturated carbocycles. The number of carbonyl (C=O) groups excluding carboxylic acids is 2. The molecule has 1 aliphatic rings. The van der Waals surface area contributed by atoms with E-state index in [-0.39, 0.29) is 6.54 Å². The van der Waals surface area contributed by atoms with E-state index < -0.39 is 54.2 Å². The number of nitrogens with one attached hydrogen (secondary N) is 1. The molecule has 2 amide bonds. The zero-order chi connectivity index (χ0) is 21.6. The first kappa shape index (κ1) is 21.9. The summed E-state index contributed by atoms with van der Waals surface area (Å²) in [5, 5.41) is 20.9. The van der Waals surface area contributed by atoms with E-state index >= 15 is 0 Å². The molecule has 0 unspecified atom stereocenters. The minimum atomic E-state index is -1.47. The van der Waals surface area contributed by atoms with Crippen LogP contribution in [0.25, 0.3) is 0 Å². The predicted molar refractivity (Wildman–Crippen MR) is 101 cm³/mol. The first-order valence-electron chi connectivity index (χ1n) is 8.88. The van der Waals surface area contributed by atoms with Crippen LogP contribution in [0.2, 0.25) is 0 Å². The molecule has 0 aromatic heterocycles. The van der Waals surface area contributed by atoms with Crippen molar-refractivity contribution in [1.29, 1.82) is 0 Å². The maximum atomic E-state index is 13.1. The molecule has 0 saturated heterocycles. The molecular weight excluding hydrogens is 382 g/mol. The van der Waals surface area contributed by atoms with Crippen LogP contribution in [0, 0.1) is 0 Å². The van der Waals surface area contributed by atoms with Gasteiger partial charge in [0.1, 0.15) is 6.54 Å². The van der Waals surface area contributed by atoms with Gasteiger partial charge in [0, 0.05) is 13.5 Å². The van der Waals surface area contributed by atoms with Crippen molar-refractivity contribution in [2.45, 2.75) is 31.5 Å². The molecule has 1 aromatic rings. The van der Waals surface area contributed by atoms with Gasteiger partial charge < -0.3 is 30.9 Å². The minimum Gasteiger partial charge on any atom is -0.480 e. The number of nitrogens with two attached hydrogens (primary N) is 1. The van der Waals surface area contributed by atoms with Gasteiger partial charge in [0.15, 0.2) is 6.10 Å². The van der Waals surface area contributed by atoms with Gasteiger partial charge in [-0.05, 0) is 18.1 Å². The SMILES string of the molecule is CC(=O)N[C@@H]1[C@@H](N)C=C(C(=O)O)O[C@H]1C(=O)N(CCc1ccccc1)CC(=O)O. The van der Waals surface area contributed by atoms with Crippen molar-refractivity contribution in [3.05, 3.63) is 47.7 Å². The van der Waals surface area contributed by atoms with Gasteiger partial charge in [-0.1, -0.05) is 30.3 Å². The highest BCUT2D eigenvalue weighted by Crippen LogP contribution is 2.20. The van der Waals surface area contributed by atoms with E-state index in [1.807, 2.05) is 30.3 Å². The van der Waals surface area contributed by atoms with E-state index in [0.29, 0.717) is 6.42 Å².